The first kappa shape index (κ1) is 26.4. The van der Waals surface area contributed by atoms with Gasteiger partial charge in [-0.25, -0.2) is 4.98 Å². The van der Waals surface area contributed by atoms with E-state index in [4.69, 9.17) is 4.74 Å². The third kappa shape index (κ3) is 5.96. The molecular formula is C31H28BrN3O4. The minimum Gasteiger partial charge on any atom is -0.507 e. The second kappa shape index (κ2) is 11.7. The Kier molecular flexibility index (Phi) is 7.93. The highest BCUT2D eigenvalue weighted by atomic mass is 79.9. The zero-order valence-corrected chi connectivity index (χ0v) is 23.0. The van der Waals surface area contributed by atoms with Gasteiger partial charge in [0, 0.05) is 35.5 Å². The molecule has 198 valence electrons. The maximum absolute atomic E-state index is 13.3. The van der Waals surface area contributed by atoms with Crippen LogP contribution in [0.25, 0.3) is 5.76 Å². The van der Waals surface area contributed by atoms with Gasteiger partial charge in [0.15, 0.2) is 0 Å². The maximum atomic E-state index is 13.3. The monoisotopic (exact) mass is 585 g/mol. The summed E-state index contributed by atoms with van der Waals surface area (Å²) in [6.07, 6.45) is 5.90. The number of aliphatic hydroxyl groups is 1. The van der Waals surface area contributed by atoms with Gasteiger partial charge in [-0.2, -0.15) is 0 Å². The van der Waals surface area contributed by atoms with E-state index in [1.165, 1.54) is 0 Å². The molecule has 39 heavy (non-hydrogen) atoms. The van der Waals surface area contributed by atoms with Crippen LogP contribution in [0.15, 0.2) is 102 Å². The molecule has 1 aliphatic heterocycles. The van der Waals surface area contributed by atoms with Crippen LogP contribution in [-0.4, -0.2) is 37.8 Å². The number of ether oxygens (including phenoxy) is 1. The molecular weight excluding hydrogens is 558 g/mol. The molecule has 0 bridgehead atoms. The van der Waals surface area contributed by atoms with E-state index >= 15 is 0 Å². The van der Waals surface area contributed by atoms with Gasteiger partial charge in [-0.1, -0.05) is 57.9 Å². The molecule has 1 amide bonds. The van der Waals surface area contributed by atoms with Crippen LogP contribution < -0.4 is 4.74 Å². The Balaban J connectivity index is 1.41. The van der Waals surface area contributed by atoms with E-state index in [-0.39, 0.29) is 11.3 Å². The summed E-state index contributed by atoms with van der Waals surface area (Å²) in [7, 11) is 0. The zero-order valence-electron chi connectivity index (χ0n) is 21.5. The van der Waals surface area contributed by atoms with Crippen molar-refractivity contribution in [2.24, 2.45) is 0 Å². The maximum Gasteiger partial charge on any atom is 0.295 e. The van der Waals surface area contributed by atoms with E-state index in [1.807, 2.05) is 60.2 Å². The van der Waals surface area contributed by atoms with Crippen molar-refractivity contribution in [1.29, 1.82) is 0 Å². The Morgan fingerprint density at radius 3 is 2.49 bits per heavy atom. The summed E-state index contributed by atoms with van der Waals surface area (Å²) in [5.41, 5.74) is 3.49. The van der Waals surface area contributed by atoms with Crippen molar-refractivity contribution in [3.8, 4) is 5.75 Å². The fourth-order valence-electron chi connectivity index (χ4n) is 4.78. The summed E-state index contributed by atoms with van der Waals surface area (Å²) in [6, 6.07) is 21.7. The fourth-order valence-corrected chi connectivity index (χ4v) is 5.04. The summed E-state index contributed by atoms with van der Waals surface area (Å²) in [5, 5.41) is 11.3. The third-order valence-corrected chi connectivity index (χ3v) is 7.24. The number of amides is 1. The van der Waals surface area contributed by atoms with E-state index in [2.05, 4.69) is 27.0 Å². The fraction of sp³-hybridized carbons (Fsp3) is 0.194. The molecule has 3 aromatic carbocycles. The first-order valence-corrected chi connectivity index (χ1v) is 13.5. The lowest BCUT2D eigenvalue weighted by Crippen LogP contribution is -2.31. The van der Waals surface area contributed by atoms with Crippen LogP contribution in [0.1, 0.15) is 34.7 Å². The van der Waals surface area contributed by atoms with Crippen LogP contribution in [0, 0.1) is 6.92 Å². The number of imidazole rings is 1. The number of halogens is 1. The summed E-state index contributed by atoms with van der Waals surface area (Å²) in [4.78, 5) is 32.0. The van der Waals surface area contributed by atoms with Crippen LogP contribution in [0.3, 0.4) is 0 Å². The van der Waals surface area contributed by atoms with Gasteiger partial charge < -0.3 is 19.3 Å². The van der Waals surface area contributed by atoms with Crippen LogP contribution >= 0.6 is 15.9 Å². The number of ketones is 1. The molecule has 5 rings (SSSR count). The van der Waals surface area contributed by atoms with Gasteiger partial charge in [-0.05, 0) is 60.9 Å². The van der Waals surface area contributed by atoms with E-state index in [0.717, 1.165) is 21.2 Å². The molecule has 1 N–H and O–H groups in total. The normalized spacial score (nSPS) is 16.6. The Morgan fingerprint density at radius 2 is 1.79 bits per heavy atom. The Bertz CT molecular complexity index is 1500. The minimum absolute atomic E-state index is 0.0818. The Labute approximate surface area is 235 Å². The number of benzene rings is 3. The average molecular weight is 586 g/mol. The van der Waals surface area contributed by atoms with Crippen LogP contribution in [-0.2, 0) is 22.7 Å². The molecule has 7 nitrogen and oxygen atoms in total. The lowest BCUT2D eigenvalue weighted by Gasteiger charge is -2.25. The van der Waals surface area contributed by atoms with Crippen molar-refractivity contribution < 1.29 is 19.4 Å². The third-order valence-electron chi connectivity index (χ3n) is 6.72. The average Bonchev–Trinajstić information content (AvgIpc) is 3.55. The van der Waals surface area contributed by atoms with Gasteiger partial charge in [-0.3, -0.25) is 9.59 Å². The van der Waals surface area contributed by atoms with E-state index in [1.54, 1.807) is 41.7 Å². The molecule has 0 aliphatic carbocycles. The van der Waals surface area contributed by atoms with Crippen LogP contribution in [0.5, 0.6) is 5.75 Å². The summed E-state index contributed by atoms with van der Waals surface area (Å²) in [5.74, 6) is -0.878. The molecule has 4 aromatic rings. The SMILES string of the molecule is Cc1cccc(COc2ccc(/C(O)=C3/C(=O)C(=O)N(CCCn4ccnc4)C3c3ccc(Br)cc3)cc2)c1. The standard InChI is InChI=1S/C31H28BrN3O4/c1-21-4-2-5-22(18-21)19-39-26-12-8-24(9-13-26)29(36)27-28(23-6-10-25(32)11-7-23)35(31(38)30(27)37)16-3-15-34-17-14-33-20-34/h2,4-14,17-18,20,28,36H,3,15-16,19H2,1H3/b29-27-. The molecule has 1 saturated heterocycles. The zero-order chi connectivity index (χ0) is 27.4. The van der Waals surface area contributed by atoms with Gasteiger partial charge in [0.1, 0.15) is 18.1 Å². The van der Waals surface area contributed by atoms with Crippen LogP contribution in [0.4, 0.5) is 0 Å². The van der Waals surface area contributed by atoms with Crippen LogP contribution in [0.2, 0.25) is 0 Å². The van der Waals surface area contributed by atoms with Crippen molar-refractivity contribution in [3.05, 3.63) is 124 Å². The molecule has 0 radical (unpaired) electrons. The summed E-state index contributed by atoms with van der Waals surface area (Å²) < 4.78 is 8.70. The van der Waals surface area contributed by atoms with Crippen molar-refractivity contribution >= 4 is 33.4 Å². The smallest absolute Gasteiger partial charge is 0.295 e. The molecule has 1 fully saturated rings. The predicted octanol–water partition coefficient (Wildman–Crippen LogP) is 6.05. The molecule has 1 atom stereocenters. The number of aryl methyl sites for hydroxylation is 2. The van der Waals surface area contributed by atoms with E-state index in [0.29, 0.717) is 37.4 Å². The van der Waals surface area contributed by atoms with Crippen molar-refractivity contribution in [1.82, 2.24) is 14.5 Å². The Hall–Kier alpha value is -4.17. The van der Waals surface area contributed by atoms with Crippen molar-refractivity contribution in [2.75, 3.05) is 6.54 Å². The number of aliphatic hydroxyl groups excluding tert-OH is 1. The van der Waals surface area contributed by atoms with Gasteiger partial charge in [0.05, 0.1) is 17.9 Å². The van der Waals surface area contributed by atoms with E-state index < -0.39 is 17.7 Å². The molecule has 0 saturated carbocycles. The topological polar surface area (TPSA) is 84.7 Å². The molecule has 8 heteroatoms. The lowest BCUT2D eigenvalue weighted by atomic mass is 9.95. The highest BCUT2D eigenvalue weighted by Gasteiger charge is 2.45. The van der Waals surface area contributed by atoms with Gasteiger partial charge in [0.2, 0.25) is 0 Å². The highest BCUT2D eigenvalue weighted by Crippen LogP contribution is 2.40. The number of nitrogens with zero attached hydrogens (tertiary/aromatic N) is 3. The van der Waals surface area contributed by atoms with Gasteiger partial charge in [0.25, 0.3) is 11.7 Å². The van der Waals surface area contributed by atoms with Crippen molar-refractivity contribution in [3.63, 3.8) is 0 Å². The summed E-state index contributed by atoms with van der Waals surface area (Å²) >= 11 is 3.45. The largest absolute Gasteiger partial charge is 0.507 e. The number of hydrogen-bond donors (Lipinski definition) is 1. The van der Waals surface area contributed by atoms with E-state index in [9.17, 15) is 14.7 Å². The van der Waals surface area contributed by atoms with Gasteiger partial charge in [-0.15, -0.1) is 0 Å². The number of Topliss-reactive ketones (excluding diaryl/α,β-unsaturated/α-hetero) is 1. The molecule has 2 heterocycles. The number of aromatic nitrogens is 2. The molecule has 1 aromatic heterocycles. The summed E-state index contributed by atoms with van der Waals surface area (Å²) in [6.45, 7) is 3.46. The second-order valence-corrected chi connectivity index (χ2v) is 10.4. The Morgan fingerprint density at radius 1 is 1.03 bits per heavy atom. The lowest BCUT2D eigenvalue weighted by molar-refractivity contribution is -0.139. The second-order valence-electron chi connectivity index (χ2n) is 9.50. The molecule has 0 spiro atoms. The minimum atomic E-state index is -0.696. The first-order valence-electron chi connectivity index (χ1n) is 12.7. The molecule has 1 aliphatic rings. The number of likely N-dealkylation sites (tertiary alicyclic amines) is 1. The highest BCUT2D eigenvalue weighted by molar-refractivity contribution is 9.10. The predicted molar refractivity (Wildman–Crippen MR) is 152 cm³/mol. The molecule has 1 unspecified atom stereocenters. The van der Waals surface area contributed by atoms with Gasteiger partial charge >= 0.3 is 0 Å². The number of carbonyl (C=O) groups is 2. The number of hydrogen-bond acceptors (Lipinski definition) is 5. The number of carbonyl (C=O) groups excluding carboxylic acids is 2. The quantitative estimate of drug-likeness (QED) is 0.147. The van der Waals surface area contributed by atoms with Crippen molar-refractivity contribution in [2.45, 2.75) is 32.5 Å². The first-order chi connectivity index (χ1) is 18.9. The number of rotatable bonds is 9.